The number of carbonyl (C=O) groups excluding carboxylic acids is 3. The van der Waals surface area contributed by atoms with Crippen LogP contribution in [0.5, 0.6) is 0 Å². The maximum absolute atomic E-state index is 12.4. The van der Waals surface area contributed by atoms with E-state index in [0.29, 0.717) is 0 Å². The van der Waals surface area contributed by atoms with Gasteiger partial charge in [0.15, 0.2) is 0 Å². The van der Waals surface area contributed by atoms with Crippen LogP contribution < -0.4 is 0 Å². The minimum atomic E-state index is -1.59. The fourth-order valence-corrected chi connectivity index (χ4v) is 2.53. The van der Waals surface area contributed by atoms with Gasteiger partial charge in [-0.25, -0.2) is 0 Å². The minimum absolute atomic E-state index is 0.132. The van der Waals surface area contributed by atoms with E-state index < -0.39 is 42.3 Å². The first-order valence-electron chi connectivity index (χ1n) is 9.20. The van der Waals surface area contributed by atoms with Gasteiger partial charge >= 0.3 is 11.9 Å². The van der Waals surface area contributed by atoms with Crippen LogP contribution in [0.4, 0.5) is 0 Å². The fraction of sp³-hybridized carbons (Fsp3) is 0.650. The van der Waals surface area contributed by atoms with Crippen molar-refractivity contribution in [3.63, 3.8) is 0 Å². The van der Waals surface area contributed by atoms with E-state index in [1.165, 1.54) is 12.5 Å². The molecule has 0 aliphatic carbocycles. The molecular formula is C20H30O8. The van der Waals surface area contributed by atoms with E-state index >= 15 is 0 Å². The molecule has 28 heavy (non-hydrogen) atoms. The Morgan fingerprint density at radius 2 is 1.79 bits per heavy atom. The van der Waals surface area contributed by atoms with E-state index in [1.54, 1.807) is 0 Å². The second-order valence-electron chi connectivity index (χ2n) is 6.93. The smallest absolute Gasteiger partial charge is 0.303 e. The predicted octanol–water partition coefficient (Wildman–Crippen LogP) is 1.85. The first-order valence-corrected chi connectivity index (χ1v) is 9.20. The Kier molecular flexibility index (Phi) is 10.1. The van der Waals surface area contributed by atoms with Gasteiger partial charge in [0.25, 0.3) is 0 Å². The van der Waals surface area contributed by atoms with E-state index in [-0.39, 0.29) is 13.2 Å². The summed E-state index contributed by atoms with van der Waals surface area (Å²) in [5.74, 6) is -2.03. The second kappa shape index (κ2) is 11.7. The molecule has 1 unspecified atom stereocenters. The summed E-state index contributed by atoms with van der Waals surface area (Å²) in [7, 11) is 0. The molecule has 4 atom stereocenters. The van der Waals surface area contributed by atoms with Gasteiger partial charge in [0.2, 0.25) is 18.2 Å². The zero-order valence-corrected chi connectivity index (χ0v) is 17.1. The maximum atomic E-state index is 12.4. The summed E-state index contributed by atoms with van der Waals surface area (Å²) in [6.07, 6.45) is 0.474. The molecular weight excluding hydrogens is 368 g/mol. The summed E-state index contributed by atoms with van der Waals surface area (Å²) >= 11 is 0. The van der Waals surface area contributed by atoms with Gasteiger partial charge in [-0.05, 0) is 33.6 Å². The van der Waals surface area contributed by atoms with Crippen LogP contribution in [0.15, 0.2) is 23.3 Å². The number of rotatable bonds is 9. The fourth-order valence-electron chi connectivity index (χ4n) is 2.53. The molecule has 1 aliphatic heterocycles. The molecule has 0 radical (unpaired) electrons. The lowest BCUT2D eigenvalue weighted by molar-refractivity contribution is -0.258. The average Bonchev–Trinajstić information content (AvgIpc) is 2.59. The molecule has 1 fully saturated rings. The van der Waals surface area contributed by atoms with Crippen LogP contribution in [0.25, 0.3) is 0 Å². The largest absolute Gasteiger partial charge is 0.463 e. The van der Waals surface area contributed by atoms with Crippen LogP contribution in [0.2, 0.25) is 0 Å². The molecule has 0 bridgehead atoms. The number of ether oxygens (including phenoxy) is 4. The van der Waals surface area contributed by atoms with Crippen molar-refractivity contribution in [2.24, 2.45) is 0 Å². The SMILES string of the molecule is CC(=O)OC[C@H]1OC(OC/C=C(\C)CCC=C(C)C)[C@H](OC(C)=O)C(=O)[C@@H]1O. The van der Waals surface area contributed by atoms with E-state index in [0.717, 1.165) is 25.3 Å². The standard InChI is InChI=1S/C20H30O8/c1-12(2)7-6-8-13(3)9-10-25-20-19(27-15(5)22)18(24)17(23)16(28-20)11-26-14(4)21/h7,9,16-17,19-20,23H,6,8,10-11H2,1-5H3/b13-9+/t16-,17-,19-,20?/m1/s1. The molecule has 0 aromatic rings. The Morgan fingerprint density at radius 3 is 2.36 bits per heavy atom. The average molecular weight is 398 g/mol. The molecule has 0 aromatic heterocycles. The number of aliphatic hydroxyl groups is 1. The van der Waals surface area contributed by atoms with Crippen molar-refractivity contribution in [2.45, 2.75) is 72.1 Å². The number of ketones is 1. The normalized spacial score (nSPS) is 25.2. The molecule has 0 amide bonds. The first kappa shape index (κ1) is 24.0. The number of allylic oxidation sites excluding steroid dienone is 3. The van der Waals surface area contributed by atoms with Crippen molar-refractivity contribution >= 4 is 17.7 Å². The van der Waals surface area contributed by atoms with Crippen molar-refractivity contribution in [3.05, 3.63) is 23.3 Å². The van der Waals surface area contributed by atoms with Crippen molar-refractivity contribution < 1.29 is 38.4 Å². The number of Topliss-reactive ketones (excluding diaryl/α,β-unsaturated/α-hetero) is 1. The Labute approximate surface area is 165 Å². The molecule has 8 heteroatoms. The molecule has 1 saturated heterocycles. The highest BCUT2D eigenvalue weighted by Gasteiger charge is 2.47. The minimum Gasteiger partial charge on any atom is -0.463 e. The first-order chi connectivity index (χ1) is 13.1. The molecule has 158 valence electrons. The third-order valence-electron chi connectivity index (χ3n) is 4.01. The highest BCUT2D eigenvalue weighted by Crippen LogP contribution is 2.22. The maximum Gasteiger partial charge on any atom is 0.303 e. The number of hydrogen-bond acceptors (Lipinski definition) is 8. The quantitative estimate of drug-likeness (QED) is 0.463. The van der Waals surface area contributed by atoms with Crippen molar-refractivity contribution in [2.75, 3.05) is 13.2 Å². The van der Waals surface area contributed by atoms with Crippen molar-refractivity contribution in [1.82, 2.24) is 0 Å². The van der Waals surface area contributed by atoms with Gasteiger partial charge in [-0.3, -0.25) is 14.4 Å². The Balaban J connectivity index is 2.75. The second-order valence-corrected chi connectivity index (χ2v) is 6.93. The Morgan fingerprint density at radius 1 is 1.11 bits per heavy atom. The Bertz CT molecular complexity index is 618. The molecule has 1 rings (SSSR count). The van der Waals surface area contributed by atoms with Gasteiger partial charge in [0, 0.05) is 13.8 Å². The summed E-state index contributed by atoms with van der Waals surface area (Å²) in [6, 6.07) is 0. The van der Waals surface area contributed by atoms with Crippen molar-refractivity contribution in [3.8, 4) is 0 Å². The summed E-state index contributed by atoms with van der Waals surface area (Å²) in [6.45, 7) is 8.21. The molecule has 1 N–H and O–H groups in total. The number of hydrogen-bond donors (Lipinski definition) is 1. The van der Waals surface area contributed by atoms with Gasteiger partial charge in [-0.15, -0.1) is 0 Å². The van der Waals surface area contributed by atoms with Crippen LogP contribution in [0.3, 0.4) is 0 Å². The topological polar surface area (TPSA) is 108 Å². The third kappa shape index (κ3) is 8.33. The van der Waals surface area contributed by atoms with Gasteiger partial charge in [-0.2, -0.15) is 0 Å². The van der Waals surface area contributed by atoms with Crippen LogP contribution in [-0.4, -0.2) is 60.6 Å². The molecule has 8 nitrogen and oxygen atoms in total. The van der Waals surface area contributed by atoms with Gasteiger partial charge in [0.1, 0.15) is 18.8 Å². The molecule has 0 spiro atoms. The summed E-state index contributed by atoms with van der Waals surface area (Å²) in [4.78, 5) is 34.7. The zero-order valence-electron chi connectivity index (χ0n) is 17.1. The zero-order chi connectivity index (χ0) is 21.3. The summed E-state index contributed by atoms with van der Waals surface area (Å²) in [5, 5.41) is 10.1. The highest BCUT2D eigenvalue weighted by molar-refractivity contribution is 5.90. The summed E-state index contributed by atoms with van der Waals surface area (Å²) < 4.78 is 20.9. The lowest BCUT2D eigenvalue weighted by atomic mass is 10.0. The Hall–Kier alpha value is -2.03. The lowest BCUT2D eigenvalue weighted by Crippen LogP contribution is -2.58. The molecule has 1 heterocycles. The third-order valence-corrected chi connectivity index (χ3v) is 4.01. The lowest BCUT2D eigenvalue weighted by Gasteiger charge is -2.36. The van der Waals surface area contributed by atoms with Crippen LogP contribution in [0.1, 0.15) is 47.5 Å². The molecule has 1 aliphatic rings. The molecule has 0 saturated carbocycles. The number of esters is 2. The predicted molar refractivity (Wildman–Crippen MR) is 100 cm³/mol. The van der Waals surface area contributed by atoms with E-state index in [4.69, 9.17) is 18.9 Å². The van der Waals surface area contributed by atoms with Crippen LogP contribution >= 0.6 is 0 Å². The van der Waals surface area contributed by atoms with Crippen LogP contribution in [-0.2, 0) is 33.3 Å². The van der Waals surface area contributed by atoms with Gasteiger partial charge in [-0.1, -0.05) is 23.3 Å². The number of aliphatic hydroxyl groups excluding tert-OH is 1. The van der Waals surface area contributed by atoms with Crippen molar-refractivity contribution in [1.29, 1.82) is 0 Å². The number of carbonyl (C=O) groups is 3. The molecule has 0 aromatic carbocycles. The van der Waals surface area contributed by atoms with E-state index in [9.17, 15) is 19.5 Å². The monoisotopic (exact) mass is 398 g/mol. The summed E-state index contributed by atoms with van der Waals surface area (Å²) in [5.41, 5.74) is 2.35. The van der Waals surface area contributed by atoms with E-state index in [1.807, 2.05) is 26.8 Å². The highest BCUT2D eigenvalue weighted by atomic mass is 16.7. The van der Waals surface area contributed by atoms with E-state index in [2.05, 4.69) is 6.08 Å². The van der Waals surface area contributed by atoms with Crippen LogP contribution in [0, 0.1) is 0 Å². The van der Waals surface area contributed by atoms with Gasteiger partial charge < -0.3 is 24.1 Å². The van der Waals surface area contributed by atoms with Gasteiger partial charge in [0.05, 0.1) is 6.61 Å².